The van der Waals surface area contributed by atoms with Crippen molar-refractivity contribution in [3.63, 3.8) is 0 Å². The first-order chi connectivity index (χ1) is 18.5. The third-order valence-electron chi connectivity index (χ3n) is 5.56. The molecule has 0 saturated heterocycles. The van der Waals surface area contributed by atoms with E-state index in [2.05, 4.69) is 25.8 Å². The minimum Gasteiger partial charge on any atom is -0.488 e. The van der Waals surface area contributed by atoms with Gasteiger partial charge in [0.15, 0.2) is 0 Å². The van der Waals surface area contributed by atoms with E-state index in [0.717, 1.165) is 15.6 Å². The molecule has 0 radical (unpaired) electrons. The van der Waals surface area contributed by atoms with Crippen molar-refractivity contribution in [3.8, 4) is 11.5 Å². The van der Waals surface area contributed by atoms with Crippen LogP contribution in [0.1, 0.15) is 43.0 Å². The summed E-state index contributed by atoms with van der Waals surface area (Å²) in [5.41, 5.74) is 3.06. The van der Waals surface area contributed by atoms with Crippen LogP contribution in [-0.4, -0.2) is 39.8 Å². The molecule has 3 aromatic rings. The molecule has 0 aliphatic heterocycles. The lowest BCUT2D eigenvalue weighted by Crippen LogP contribution is -2.38. The van der Waals surface area contributed by atoms with E-state index in [0.29, 0.717) is 33.3 Å². The van der Waals surface area contributed by atoms with E-state index in [1.807, 2.05) is 25.1 Å². The van der Waals surface area contributed by atoms with Crippen molar-refractivity contribution in [2.24, 2.45) is 0 Å². The van der Waals surface area contributed by atoms with Gasteiger partial charge in [-0.1, -0.05) is 39.7 Å². The molecule has 0 fully saturated rings. The molecule has 39 heavy (non-hydrogen) atoms. The van der Waals surface area contributed by atoms with Crippen LogP contribution in [0.5, 0.6) is 11.5 Å². The number of benzene rings is 2. The van der Waals surface area contributed by atoms with Gasteiger partial charge in [0.05, 0.1) is 24.7 Å². The molecule has 0 spiro atoms. The number of aliphatic hydroxyl groups excluding tert-OH is 1. The van der Waals surface area contributed by atoms with Gasteiger partial charge in [-0.2, -0.15) is 0 Å². The molecule has 0 bridgehead atoms. The Morgan fingerprint density at radius 2 is 1.87 bits per heavy atom. The number of aromatic nitrogens is 1. The lowest BCUT2D eigenvalue weighted by molar-refractivity contribution is 0.0200. The highest BCUT2D eigenvalue weighted by molar-refractivity contribution is 9.10. The number of rotatable bonds is 10. The second kappa shape index (κ2) is 13.7. The van der Waals surface area contributed by atoms with E-state index in [9.17, 15) is 9.90 Å². The summed E-state index contributed by atoms with van der Waals surface area (Å²) in [5, 5.41) is 9.93. The van der Waals surface area contributed by atoms with Crippen LogP contribution in [0.15, 0.2) is 53.3 Å². The molecular weight excluding hydrogens is 586 g/mol. The highest BCUT2D eigenvalue weighted by Crippen LogP contribution is 2.35. The summed E-state index contributed by atoms with van der Waals surface area (Å²) in [5.74, 6) is 0.842. The first-order valence-corrected chi connectivity index (χ1v) is 13.4. The minimum atomic E-state index is -0.703. The second-order valence-electron chi connectivity index (χ2n) is 9.78. The van der Waals surface area contributed by atoms with Gasteiger partial charge in [0.25, 0.3) is 0 Å². The number of pyridine rings is 1. The Labute approximate surface area is 242 Å². The summed E-state index contributed by atoms with van der Waals surface area (Å²) in [6, 6.07) is 10.9. The van der Waals surface area contributed by atoms with Crippen molar-refractivity contribution in [1.29, 1.82) is 0 Å². The molecule has 0 aliphatic carbocycles. The maximum absolute atomic E-state index is 12.8. The van der Waals surface area contributed by atoms with E-state index in [4.69, 9.17) is 32.4 Å². The molecular formula is C29H31BrClN3O5. The molecule has 0 saturated carbocycles. The van der Waals surface area contributed by atoms with Crippen LogP contribution < -0.4 is 9.47 Å². The first kappa shape index (κ1) is 30.2. The number of amides is 1. The van der Waals surface area contributed by atoms with Gasteiger partial charge in [-0.15, -0.1) is 0 Å². The van der Waals surface area contributed by atoms with E-state index < -0.39 is 11.7 Å². The van der Waals surface area contributed by atoms with Crippen LogP contribution in [0.2, 0.25) is 5.02 Å². The third kappa shape index (κ3) is 8.85. The zero-order valence-electron chi connectivity index (χ0n) is 22.3. The minimum absolute atomic E-state index is 0.0589. The van der Waals surface area contributed by atoms with Gasteiger partial charge in [0, 0.05) is 35.0 Å². The number of halogens is 2. The number of carbonyl (C=O) groups excluding carboxylic acids is 1. The Hall–Kier alpha value is -3.32. The van der Waals surface area contributed by atoms with Gasteiger partial charge < -0.3 is 24.2 Å². The quantitative estimate of drug-likeness (QED) is 0.242. The van der Waals surface area contributed by atoms with Crippen LogP contribution in [0.3, 0.4) is 0 Å². The Kier molecular flexibility index (Phi) is 10.6. The van der Waals surface area contributed by atoms with Crippen molar-refractivity contribution in [3.05, 3.63) is 92.0 Å². The second-order valence-corrected chi connectivity index (χ2v) is 11.0. The van der Waals surface area contributed by atoms with Gasteiger partial charge in [0.1, 0.15) is 30.3 Å². The number of carbonyl (C=O) groups is 1. The van der Waals surface area contributed by atoms with E-state index in [1.165, 1.54) is 11.1 Å². The predicted molar refractivity (Wildman–Crippen MR) is 153 cm³/mol. The Bertz CT molecular complexity index is 1350. The fourth-order valence-electron chi connectivity index (χ4n) is 3.57. The zero-order valence-corrected chi connectivity index (χ0v) is 24.7. The first-order valence-electron chi connectivity index (χ1n) is 12.2. The normalized spacial score (nSPS) is 11.0. The fraction of sp³-hybridized carbons (Fsp3) is 0.345. The van der Waals surface area contributed by atoms with Crippen LogP contribution in [-0.2, 0) is 24.5 Å². The summed E-state index contributed by atoms with van der Waals surface area (Å²) in [7, 11) is 0. The highest BCUT2D eigenvalue weighted by Gasteiger charge is 2.24. The van der Waals surface area contributed by atoms with Crippen molar-refractivity contribution in [2.45, 2.75) is 53.1 Å². The monoisotopic (exact) mass is 615 g/mol. The molecule has 0 aliphatic rings. The number of hydrogen-bond donors (Lipinski definition) is 1. The van der Waals surface area contributed by atoms with Crippen LogP contribution in [0.25, 0.3) is 4.85 Å². The molecule has 2 aromatic carbocycles. The third-order valence-corrected chi connectivity index (χ3v) is 6.72. The van der Waals surface area contributed by atoms with Crippen molar-refractivity contribution in [2.75, 3.05) is 13.2 Å². The number of hydrogen-bond acceptors (Lipinski definition) is 6. The lowest BCUT2D eigenvalue weighted by atomic mass is 10.1. The average molecular weight is 617 g/mol. The Balaban J connectivity index is 1.92. The molecule has 8 nitrogen and oxygen atoms in total. The van der Waals surface area contributed by atoms with E-state index in [-0.39, 0.29) is 32.9 Å². The van der Waals surface area contributed by atoms with Crippen molar-refractivity contribution < 1.29 is 24.1 Å². The average Bonchev–Trinajstić information content (AvgIpc) is 2.88. The molecule has 1 aromatic heterocycles. The Morgan fingerprint density at radius 3 is 2.56 bits per heavy atom. The fourth-order valence-corrected chi connectivity index (χ4v) is 4.22. The lowest BCUT2D eigenvalue weighted by Gasteiger charge is -2.28. The van der Waals surface area contributed by atoms with Gasteiger partial charge in [-0.3, -0.25) is 4.98 Å². The molecule has 206 valence electrons. The van der Waals surface area contributed by atoms with E-state index >= 15 is 0 Å². The Morgan fingerprint density at radius 1 is 1.13 bits per heavy atom. The van der Waals surface area contributed by atoms with Crippen molar-refractivity contribution >= 4 is 39.3 Å². The van der Waals surface area contributed by atoms with Crippen LogP contribution in [0, 0.1) is 13.5 Å². The largest absolute Gasteiger partial charge is 0.488 e. The molecule has 10 heteroatoms. The standard InChI is InChI=1S/C29H31BrClN3O5/c1-19-21(7-6-8-24(19)30)18-38-27-13-26(37-17-20-11-23(32-5)15-33-14-20)22(12-25(27)31)16-34(9-10-35)28(36)39-29(2,3)4/h6-8,11-15,35H,9-10,16-18H2,1-4H3. The number of aliphatic hydroxyl groups is 1. The SMILES string of the molecule is [C-]#[N+]c1cncc(COc2cc(OCc3cccc(Br)c3C)c(Cl)cc2CN(CCO)C(=O)OC(C)(C)C)c1. The summed E-state index contributed by atoms with van der Waals surface area (Å²) >= 11 is 10.2. The van der Waals surface area contributed by atoms with Gasteiger partial charge >= 0.3 is 6.09 Å². The molecule has 0 atom stereocenters. The molecule has 0 unspecified atom stereocenters. The molecule has 1 amide bonds. The van der Waals surface area contributed by atoms with Crippen LogP contribution in [0.4, 0.5) is 10.5 Å². The number of ether oxygens (including phenoxy) is 3. The summed E-state index contributed by atoms with van der Waals surface area (Å²) in [6.45, 7) is 14.9. The van der Waals surface area contributed by atoms with Gasteiger partial charge in [-0.25, -0.2) is 9.64 Å². The number of nitrogens with zero attached hydrogens (tertiary/aromatic N) is 3. The maximum atomic E-state index is 12.8. The maximum Gasteiger partial charge on any atom is 0.410 e. The topological polar surface area (TPSA) is 85.5 Å². The predicted octanol–water partition coefficient (Wildman–Crippen LogP) is 7.24. The van der Waals surface area contributed by atoms with Gasteiger partial charge in [-0.05, 0) is 62.6 Å². The molecule has 1 heterocycles. The summed E-state index contributed by atoms with van der Waals surface area (Å²) < 4.78 is 18.7. The van der Waals surface area contributed by atoms with Gasteiger partial charge in [0.2, 0.25) is 5.69 Å². The summed E-state index contributed by atoms with van der Waals surface area (Å²) in [6.07, 6.45) is 2.53. The summed E-state index contributed by atoms with van der Waals surface area (Å²) in [4.78, 5) is 21.7. The zero-order chi connectivity index (χ0) is 28.6. The van der Waals surface area contributed by atoms with Crippen LogP contribution >= 0.6 is 27.5 Å². The highest BCUT2D eigenvalue weighted by atomic mass is 79.9. The van der Waals surface area contributed by atoms with E-state index in [1.54, 1.807) is 45.2 Å². The molecule has 3 rings (SSSR count). The molecule has 1 N–H and O–H groups in total. The van der Waals surface area contributed by atoms with Crippen molar-refractivity contribution in [1.82, 2.24) is 9.88 Å². The smallest absolute Gasteiger partial charge is 0.410 e.